The van der Waals surface area contributed by atoms with E-state index in [-0.39, 0.29) is 18.0 Å². The van der Waals surface area contributed by atoms with Crippen LogP contribution in [0.2, 0.25) is 0 Å². The van der Waals surface area contributed by atoms with Gasteiger partial charge in [-0.3, -0.25) is 9.69 Å². The van der Waals surface area contributed by atoms with Crippen LogP contribution < -0.4 is 15.5 Å². The maximum atomic E-state index is 14.6. The number of benzene rings is 1. The zero-order valence-corrected chi connectivity index (χ0v) is 21.2. The number of fused-ring (bicyclic) bond motifs is 1. The van der Waals surface area contributed by atoms with Crippen molar-refractivity contribution in [2.45, 2.75) is 37.3 Å². The highest BCUT2D eigenvalue weighted by molar-refractivity contribution is 5.95. The Hall–Kier alpha value is -3.80. The molecule has 2 N–H and O–H groups in total. The Morgan fingerprint density at radius 3 is 2.92 bits per heavy atom. The van der Waals surface area contributed by atoms with Crippen LogP contribution in [-0.2, 0) is 4.79 Å². The van der Waals surface area contributed by atoms with Gasteiger partial charge in [0.25, 0.3) is 0 Å². The van der Waals surface area contributed by atoms with Crippen LogP contribution in [0.4, 0.5) is 25.1 Å². The molecule has 3 aliphatic rings. The normalized spacial score (nSPS) is 24.3. The Kier molecular flexibility index (Phi) is 6.13. The maximum absolute atomic E-state index is 14.6. The number of likely N-dealkylation sites (tertiary alicyclic amines) is 1. The molecule has 3 saturated heterocycles. The molecular formula is C26H30F2N8O2. The fraction of sp³-hybridized carbons (Fsp3) is 0.462. The van der Waals surface area contributed by atoms with Crippen molar-refractivity contribution in [2.75, 3.05) is 50.0 Å². The molecule has 0 bridgehead atoms. The van der Waals surface area contributed by atoms with Gasteiger partial charge in [0.1, 0.15) is 28.7 Å². The fourth-order valence-corrected chi connectivity index (χ4v) is 5.97. The van der Waals surface area contributed by atoms with Gasteiger partial charge in [-0.25, -0.2) is 23.1 Å². The second-order valence-electron chi connectivity index (χ2n) is 10.3. The van der Waals surface area contributed by atoms with E-state index in [9.17, 15) is 18.4 Å². The van der Waals surface area contributed by atoms with Crippen molar-refractivity contribution in [3.63, 3.8) is 0 Å². The minimum Gasteiger partial charge on any atom is -0.354 e. The van der Waals surface area contributed by atoms with Crippen molar-refractivity contribution in [3.05, 3.63) is 53.9 Å². The Bertz CT molecular complexity index is 1400. The number of carbonyl (C=O) groups excluding carboxylic acids is 2. The number of likely N-dealkylation sites (N-methyl/N-ethyl adjacent to an activating group) is 1. The molecular weight excluding hydrogens is 494 g/mol. The Morgan fingerprint density at radius 2 is 2.05 bits per heavy atom. The van der Waals surface area contributed by atoms with Gasteiger partial charge in [-0.05, 0) is 57.0 Å². The molecule has 2 atom stereocenters. The van der Waals surface area contributed by atoms with Crippen LogP contribution in [0.1, 0.15) is 37.3 Å². The quantitative estimate of drug-likeness (QED) is 0.547. The van der Waals surface area contributed by atoms with E-state index in [4.69, 9.17) is 4.98 Å². The molecule has 38 heavy (non-hydrogen) atoms. The average Bonchev–Trinajstić information content (AvgIpc) is 3.65. The van der Waals surface area contributed by atoms with E-state index in [2.05, 4.69) is 20.6 Å². The maximum Gasteiger partial charge on any atom is 0.322 e. The average molecular weight is 525 g/mol. The first kappa shape index (κ1) is 24.5. The molecule has 12 heteroatoms. The number of halogens is 2. The highest BCUT2D eigenvalue weighted by atomic mass is 19.1. The lowest BCUT2D eigenvalue weighted by Gasteiger charge is -2.34. The van der Waals surface area contributed by atoms with Gasteiger partial charge < -0.3 is 20.4 Å². The third-order valence-corrected chi connectivity index (χ3v) is 8.10. The number of aromatic nitrogens is 3. The molecule has 5 heterocycles. The summed E-state index contributed by atoms with van der Waals surface area (Å²) in [4.78, 5) is 36.5. The van der Waals surface area contributed by atoms with Crippen LogP contribution in [0.5, 0.6) is 0 Å². The van der Waals surface area contributed by atoms with Crippen LogP contribution in [0.15, 0.2) is 36.7 Å². The second kappa shape index (κ2) is 9.50. The minimum absolute atomic E-state index is 0.0370. The van der Waals surface area contributed by atoms with E-state index in [1.54, 1.807) is 21.7 Å². The van der Waals surface area contributed by atoms with Gasteiger partial charge in [0.15, 0.2) is 5.65 Å². The number of nitrogens with zero attached hydrogens (tertiary/aromatic N) is 6. The standard InChI is InChI=1S/C26H30F2N8O2/c1-33-10-3-9-29-24(37)26(33)8-13-34(16-26)25(38)31-20-15-30-36-12-7-22(32-23(20)36)35-11-2-4-21(35)18-14-17(27)5-6-19(18)28/h5-7,12,14-15,21H,2-4,8-11,13,16H2,1H3,(H,29,37)(H,31,38)/t21-,26?/m1/s1. The summed E-state index contributed by atoms with van der Waals surface area (Å²) in [5.41, 5.74) is 0.461. The van der Waals surface area contributed by atoms with Gasteiger partial charge in [-0.2, -0.15) is 5.10 Å². The highest BCUT2D eigenvalue weighted by Gasteiger charge is 2.49. The van der Waals surface area contributed by atoms with Crippen molar-refractivity contribution in [1.82, 2.24) is 29.7 Å². The summed E-state index contributed by atoms with van der Waals surface area (Å²) in [6.45, 7) is 2.82. The summed E-state index contributed by atoms with van der Waals surface area (Å²) < 4.78 is 30.0. The molecule has 0 saturated carbocycles. The van der Waals surface area contributed by atoms with Crippen LogP contribution >= 0.6 is 0 Å². The van der Waals surface area contributed by atoms with Gasteiger partial charge in [-0.15, -0.1) is 0 Å². The monoisotopic (exact) mass is 524 g/mol. The lowest BCUT2D eigenvalue weighted by atomic mass is 9.96. The summed E-state index contributed by atoms with van der Waals surface area (Å²) in [7, 11) is 1.93. The van der Waals surface area contributed by atoms with E-state index in [1.165, 1.54) is 12.3 Å². The topological polar surface area (TPSA) is 98.1 Å². The Morgan fingerprint density at radius 1 is 1.18 bits per heavy atom. The largest absolute Gasteiger partial charge is 0.354 e. The van der Waals surface area contributed by atoms with E-state index in [0.29, 0.717) is 61.7 Å². The molecule has 1 spiro atoms. The summed E-state index contributed by atoms with van der Waals surface area (Å²) in [5, 5.41) is 10.2. The number of rotatable bonds is 3. The van der Waals surface area contributed by atoms with Crippen molar-refractivity contribution < 1.29 is 18.4 Å². The number of nitrogens with one attached hydrogen (secondary N) is 2. The van der Waals surface area contributed by atoms with E-state index < -0.39 is 17.2 Å². The molecule has 3 amide bonds. The second-order valence-corrected chi connectivity index (χ2v) is 10.3. The zero-order valence-electron chi connectivity index (χ0n) is 21.2. The predicted octanol–water partition coefficient (Wildman–Crippen LogP) is 2.78. The van der Waals surface area contributed by atoms with Crippen LogP contribution in [0, 0.1) is 11.6 Å². The minimum atomic E-state index is -0.725. The number of hydrogen-bond acceptors (Lipinski definition) is 6. The molecule has 2 aromatic heterocycles. The summed E-state index contributed by atoms with van der Waals surface area (Å²) in [6.07, 6.45) is 6.20. The lowest BCUT2D eigenvalue weighted by Crippen LogP contribution is -2.57. The van der Waals surface area contributed by atoms with Crippen molar-refractivity contribution >= 4 is 29.1 Å². The molecule has 1 unspecified atom stereocenters. The van der Waals surface area contributed by atoms with E-state index in [0.717, 1.165) is 31.5 Å². The van der Waals surface area contributed by atoms with Crippen LogP contribution in [0.3, 0.4) is 0 Å². The number of anilines is 2. The molecule has 0 aliphatic carbocycles. The van der Waals surface area contributed by atoms with E-state index in [1.807, 2.05) is 11.9 Å². The van der Waals surface area contributed by atoms with Crippen LogP contribution in [0.25, 0.3) is 5.65 Å². The molecule has 200 valence electrons. The van der Waals surface area contributed by atoms with Crippen molar-refractivity contribution in [1.29, 1.82) is 0 Å². The summed E-state index contributed by atoms with van der Waals surface area (Å²) in [5.74, 6) is -0.367. The predicted molar refractivity (Wildman–Crippen MR) is 137 cm³/mol. The SMILES string of the molecule is CN1CCCNC(=O)C12CCN(C(=O)Nc1cnn3ccc(N4CCC[C@@H]4c4cc(F)ccc4F)nc13)C2. The number of hydrogen-bond donors (Lipinski definition) is 2. The highest BCUT2D eigenvalue weighted by Crippen LogP contribution is 2.37. The number of amides is 3. The molecule has 3 aliphatic heterocycles. The zero-order chi connectivity index (χ0) is 26.4. The fourth-order valence-electron chi connectivity index (χ4n) is 5.97. The molecule has 3 aromatic rings. The van der Waals surface area contributed by atoms with Gasteiger partial charge in [0.2, 0.25) is 5.91 Å². The summed E-state index contributed by atoms with van der Waals surface area (Å²) in [6, 6.07) is 4.63. The molecule has 1 aromatic carbocycles. The van der Waals surface area contributed by atoms with Gasteiger partial charge in [0.05, 0.1) is 12.2 Å². The van der Waals surface area contributed by atoms with Crippen LogP contribution in [-0.4, -0.2) is 81.6 Å². The first-order valence-corrected chi connectivity index (χ1v) is 13.0. The first-order chi connectivity index (χ1) is 18.4. The molecule has 10 nitrogen and oxygen atoms in total. The summed E-state index contributed by atoms with van der Waals surface area (Å²) >= 11 is 0. The Labute approximate surface area is 218 Å². The van der Waals surface area contributed by atoms with Gasteiger partial charge in [0, 0.05) is 44.5 Å². The van der Waals surface area contributed by atoms with Gasteiger partial charge >= 0.3 is 6.03 Å². The third kappa shape index (κ3) is 4.12. The third-order valence-electron chi connectivity index (χ3n) is 8.10. The van der Waals surface area contributed by atoms with E-state index >= 15 is 0 Å². The van der Waals surface area contributed by atoms with Crippen molar-refractivity contribution in [2.24, 2.45) is 0 Å². The smallest absolute Gasteiger partial charge is 0.322 e. The molecule has 0 radical (unpaired) electrons. The molecule has 3 fully saturated rings. The Balaban J connectivity index is 1.23. The first-order valence-electron chi connectivity index (χ1n) is 13.0. The molecule has 6 rings (SSSR count). The number of urea groups is 1. The lowest BCUT2D eigenvalue weighted by molar-refractivity contribution is -0.130. The number of carbonyl (C=O) groups is 2. The van der Waals surface area contributed by atoms with Crippen molar-refractivity contribution in [3.8, 4) is 0 Å². The van der Waals surface area contributed by atoms with Gasteiger partial charge in [-0.1, -0.05) is 0 Å².